The highest BCUT2D eigenvalue weighted by Gasteiger charge is 2.18. The molecule has 0 amide bonds. The molecule has 2 N–H and O–H groups in total. The lowest BCUT2D eigenvalue weighted by Gasteiger charge is -2.28. The molecule has 0 rings (SSSR count). The fourth-order valence-electron chi connectivity index (χ4n) is 0.987. The lowest BCUT2D eigenvalue weighted by atomic mass is 9.95. The van der Waals surface area contributed by atoms with Gasteiger partial charge >= 0.3 is 0 Å². The van der Waals surface area contributed by atoms with Crippen LogP contribution in [-0.4, -0.2) is 23.8 Å². The van der Waals surface area contributed by atoms with E-state index in [4.69, 9.17) is 16.7 Å². The van der Waals surface area contributed by atoms with Crippen molar-refractivity contribution in [2.75, 3.05) is 13.2 Å². The van der Waals surface area contributed by atoms with Gasteiger partial charge in [0.05, 0.1) is 0 Å². The highest BCUT2D eigenvalue weighted by Crippen LogP contribution is 2.12. The Morgan fingerprint density at radius 1 is 1.58 bits per heavy atom. The zero-order valence-electron chi connectivity index (χ0n) is 7.81. The molecule has 0 saturated carbocycles. The molecule has 1 unspecified atom stereocenters. The highest BCUT2D eigenvalue weighted by molar-refractivity contribution is 6.25. The average Bonchev–Trinajstić information content (AvgIpc) is 2.06. The molecule has 0 aromatic rings. The average molecular weight is 192 g/mol. The Morgan fingerprint density at radius 3 is 2.67 bits per heavy atom. The summed E-state index contributed by atoms with van der Waals surface area (Å²) in [7, 11) is 0. The molecule has 0 aromatic carbocycles. The predicted molar refractivity (Wildman–Crippen MR) is 53.4 cm³/mol. The lowest BCUT2D eigenvalue weighted by molar-refractivity contribution is 0.220. The summed E-state index contributed by atoms with van der Waals surface area (Å²) in [4.78, 5) is 0. The molecule has 72 valence electrons. The van der Waals surface area contributed by atoms with Gasteiger partial charge in [-0.3, -0.25) is 0 Å². The van der Waals surface area contributed by atoms with Gasteiger partial charge in [-0.15, -0.1) is 0 Å². The van der Waals surface area contributed by atoms with Crippen LogP contribution in [0.15, 0.2) is 11.6 Å². The van der Waals surface area contributed by atoms with Gasteiger partial charge in [0.2, 0.25) is 0 Å². The summed E-state index contributed by atoms with van der Waals surface area (Å²) in [5.74, 6) is 0. The third kappa shape index (κ3) is 4.75. The van der Waals surface area contributed by atoms with Crippen LogP contribution in [-0.2, 0) is 0 Å². The van der Waals surface area contributed by atoms with Gasteiger partial charge in [-0.25, -0.2) is 0 Å². The van der Waals surface area contributed by atoms with Crippen molar-refractivity contribution in [1.29, 1.82) is 0 Å². The van der Waals surface area contributed by atoms with Gasteiger partial charge in [-0.05, 0) is 19.8 Å². The van der Waals surface area contributed by atoms with Crippen LogP contribution in [0.2, 0.25) is 0 Å². The van der Waals surface area contributed by atoms with Gasteiger partial charge in [-0.1, -0.05) is 24.6 Å². The summed E-state index contributed by atoms with van der Waals surface area (Å²) in [5, 5.41) is 12.1. The van der Waals surface area contributed by atoms with Crippen molar-refractivity contribution < 1.29 is 5.11 Å². The molecule has 0 radical (unpaired) electrons. The van der Waals surface area contributed by atoms with Crippen molar-refractivity contribution in [2.24, 2.45) is 0 Å². The second kappa shape index (κ2) is 6.46. The zero-order valence-corrected chi connectivity index (χ0v) is 8.56. The van der Waals surface area contributed by atoms with Gasteiger partial charge in [0.15, 0.2) is 0 Å². The first kappa shape index (κ1) is 11.9. The molecular weight excluding hydrogens is 174 g/mol. The molecule has 3 heteroatoms. The predicted octanol–water partition coefficient (Wildman–Crippen LogP) is 1.88. The normalized spacial score (nSPS) is 16.7. The quantitative estimate of drug-likeness (QED) is 0.672. The Kier molecular flexibility index (Phi) is 6.44. The maximum atomic E-state index is 8.81. The van der Waals surface area contributed by atoms with E-state index in [2.05, 4.69) is 19.2 Å². The van der Waals surface area contributed by atoms with E-state index in [1.54, 1.807) is 0 Å². The lowest BCUT2D eigenvalue weighted by Crippen LogP contribution is -2.42. The van der Waals surface area contributed by atoms with Crippen LogP contribution < -0.4 is 5.32 Å². The molecule has 0 spiro atoms. The fraction of sp³-hybridized carbons (Fsp3) is 0.778. The molecule has 0 saturated heterocycles. The third-order valence-corrected chi connectivity index (χ3v) is 2.36. The van der Waals surface area contributed by atoms with Crippen LogP contribution >= 0.6 is 11.6 Å². The zero-order chi connectivity index (χ0) is 9.45. The monoisotopic (exact) mass is 191 g/mol. The Labute approximate surface area is 79.6 Å². The van der Waals surface area contributed by atoms with Crippen molar-refractivity contribution in [1.82, 2.24) is 5.32 Å². The molecule has 0 aromatic heterocycles. The SMILES string of the molecule is CCC(C)(CCO)NC/C=C/Cl. The molecular formula is C9H18ClNO. The number of rotatable bonds is 6. The van der Waals surface area contributed by atoms with Crippen molar-refractivity contribution in [3.8, 4) is 0 Å². The molecule has 0 aliphatic heterocycles. The minimum atomic E-state index is 0.0329. The Balaban J connectivity index is 3.78. The summed E-state index contributed by atoms with van der Waals surface area (Å²) < 4.78 is 0. The summed E-state index contributed by atoms with van der Waals surface area (Å²) in [5.41, 5.74) is 1.53. The molecule has 0 fully saturated rings. The van der Waals surface area contributed by atoms with Crippen LogP contribution in [0.25, 0.3) is 0 Å². The van der Waals surface area contributed by atoms with E-state index in [0.717, 1.165) is 19.4 Å². The van der Waals surface area contributed by atoms with E-state index >= 15 is 0 Å². The molecule has 12 heavy (non-hydrogen) atoms. The van der Waals surface area contributed by atoms with Crippen LogP contribution in [0.3, 0.4) is 0 Å². The molecule has 0 heterocycles. The first-order valence-corrected chi connectivity index (χ1v) is 4.73. The largest absolute Gasteiger partial charge is 0.396 e. The highest BCUT2D eigenvalue weighted by atomic mass is 35.5. The van der Waals surface area contributed by atoms with E-state index in [9.17, 15) is 0 Å². The number of nitrogens with one attached hydrogen (secondary N) is 1. The Bertz CT molecular complexity index is 138. The molecule has 0 aliphatic rings. The van der Waals surface area contributed by atoms with Gasteiger partial charge in [-0.2, -0.15) is 0 Å². The van der Waals surface area contributed by atoms with Crippen molar-refractivity contribution in [3.05, 3.63) is 11.6 Å². The third-order valence-electron chi connectivity index (χ3n) is 2.18. The standard InChI is InChI=1S/C9H18ClNO/c1-3-9(2,5-8-12)11-7-4-6-10/h4,6,11-12H,3,5,7-8H2,1-2H3/b6-4+. The summed E-state index contributed by atoms with van der Waals surface area (Å²) in [6, 6.07) is 0. The van der Waals surface area contributed by atoms with Crippen LogP contribution in [0.5, 0.6) is 0 Å². The number of halogens is 1. The Morgan fingerprint density at radius 2 is 2.25 bits per heavy atom. The topological polar surface area (TPSA) is 32.3 Å². The van der Waals surface area contributed by atoms with E-state index < -0.39 is 0 Å². The maximum Gasteiger partial charge on any atom is 0.0448 e. The molecule has 0 bridgehead atoms. The maximum absolute atomic E-state index is 8.81. The Hall–Kier alpha value is -0.0500. The van der Waals surface area contributed by atoms with E-state index in [1.165, 1.54) is 5.54 Å². The van der Waals surface area contributed by atoms with Crippen LogP contribution in [0.4, 0.5) is 0 Å². The van der Waals surface area contributed by atoms with Crippen molar-refractivity contribution >= 4 is 11.6 Å². The number of hydrogen-bond donors (Lipinski definition) is 2. The van der Waals surface area contributed by atoms with E-state index in [0.29, 0.717) is 0 Å². The molecule has 1 atom stereocenters. The van der Waals surface area contributed by atoms with Crippen molar-refractivity contribution in [2.45, 2.75) is 32.2 Å². The van der Waals surface area contributed by atoms with Crippen molar-refractivity contribution in [3.63, 3.8) is 0 Å². The first-order chi connectivity index (χ1) is 5.68. The van der Waals surface area contributed by atoms with Crippen LogP contribution in [0.1, 0.15) is 26.7 Å². The van der Waals surface area contributed by atoms with Gasteiger partial charge in [0, 0.05) is 24.2 Å². The second-order valence-electron chi connectivity index (χ2n) is 3.13. The van der Waals surface area contributed by atoms with Crippen LogP contribution in [0, 0.1) is 0 Å². The first-order valence-electron chi connectivity index (χ1n) is 4.29. The minimum Gasteiger partial charge on any atom is -0.396 e. The summed E-state index contributed by atoms with van der Waals surface area (Å²) >= 11 is 5.38. The van der Waals surface area contributed by atoms with E-state index in [1.807, 2.05) is 6.08 Å². The number of hydrogen-bond acceptors (Lipinski definition) is 2. The van der Waals surface area contributed by atoms with Gasteiger partial charge in [0.25, 0.3) is 0 Å². The summed E-state index contributed by atoms with van der Waals surface area (Å²) in [6.07, 6.45) is 3.64. The number of aliphatic hydroxyl groups excluding tert-OH is 1. The summed E-state index contributed by atoms with van der Waals surface area (Å²) in [6.45, 7) is 5.19. The second-order valence-corrected chi connectivity index (χ2v) is 3.38. The van der Waals surface area contributed by atoms with Gasteiger partial charge in [0.1, 0.15) is 0 Å². The minimum absolute atomic E-state index is 0.0329. The number of aliphatic hydroxyl groups is 1. The van der Waals surface area contributed by atoms with Gasteiger partial charge < -0.3 is 10.4 Å². The molecule has 0 aliphatic carbocycles. The smallest absolute Gasteiger partial charge is 0.0448 e. The molecule has 2 nitrogen and oxygen atoms in total. The van der Waals surface area contributed by atoms with E-state index in [-0.39, 0.29) is 12.1 Å². The fourth-order valence-corrected chi connectivity index (χ4v) is 1.08.